The third kappa shape index (κ3) is 2.56. The molecule has 0 heterocycles. The summed E-state index contributed by atoms with van der Waals surface area (Å²) in [5.41, 5.74) is 0.826. The van der Waals surface area contributed by atoms with Gasteiger partial charge in [-0.15, -0.1) is 0 Å². The number of aliphatic hydroxyl groups is 1. The van der Waals surface area contributed by atoms with E-state index in [0.29, 0.717) is 0 Å². The molecule has 1 aromatic carbocycles. The molecule has 74 valence electrons. The quantitative estimate of drug-likeness (QED) is 0.734. The molecule has 0 saturated carbocycles. The largest absolute Gasteiger partial charge is 0.382 e. The van der Waals surface area contributed by atoms with Crippen LogP contribution in [0.3, 0.4) is 0 Å². The van der Waals surface area contributed by atoms with Crippen LogP contribution >= 0.6 is 0 Å². The van der Waals surface area contributed by atoms with Crippen LogP contribution in [0, 0.1) is 6.57 Å². The minimum Gasteiger partial charge on any atom is -0.382 e. The van der Waals surface area contributed by atoms with Gasteiger partial charge in [0, 0.05) is 12.7 Å². The number of benzene rings is 1. The van der Waals surface area contributed by atoms with Gasteiger partial charge in [0.15, 0.2) is 6.10 Å². The molecule has 0 fully saturated rings. The minimum atomic E-state index is -0.764. The standard InChI is InChI=1S/C11H13NO2/c1-12-11(10(13)8-14-2)9-6-4-3-5-7-9/h3-7,10-11,13H,8H2,2H3/t10-,11?/m1/s1. The number of ether oxygens (including phenoxy) is 1. The van der Waals surface area contributed by atoms with Crippen LogP contribution in [0.2, 0.25) is 0 Å². The first-order chi connectivity index (χ1) is 6.79. The monoisotopic (exact) mass is 191 g/mol. The van der Waals surface area contributed by atoms with Crippen LogP contribution in [0.25, 0.3) is 4.85 Å². The van der Waals surface area contributed by atoms with Crippen molar-refractivity contribution in [2.45, 2.75) is 12.1 Å². The lowest BCUT2D eigenvalue weighted by molar-refractivity contribution is 0.0553. The molecular formula is C11H13NO2. The Bertz CT molecular complexity index is 305. The number of methoxy groups -OCH3 is 1. The van der Waals surface area contributed by atoms with Gasteiger partial charge >= 0.3 is 0 Å². The normalized spacial score (nSPS) is 14.4. The van der Waals surface area contributed by atoms with Crippen molar-refractivity contribution < 1.29 is 9.84 Å². The Morgan fingerprint density at radius 1 is 1.43 bits per heavy atom. The Hall–Kier alpha value is -1.37. The van der Waals surface area contributed by atoms with Crippen molar-refractivity contribution in [3.63, 3.8) is 0 Å². The summed E-state index contributed by atoms with van der Waals surface area (Å²) in [6.45, 7) is 7.20. The van der Waals surface area contributed by atoms with Gasteiger partial charge in [0.1, 0.15) is 0 Å². The van der Waals surface area contributed by atoms with E-state index in [4.69, 9.17) is 11.3 Å². The molecule has 1 aromatic rings. The Kier molecular flexibility index (Phi) is 4.11. The van der Waals surface area contributed by atoms with Crippen LogP contribution in [0.15, 0.2) is 30.3 Å². The average Bonchev–Trinajstić information content (AvgIpc) is 2.21. The fourth-order valence-electron chi connectivity index (χ4n) is 1.29. The van der Waals surface area contributed by atoms with Gasteiger partial charge in [-0.05, 0) is 0 Å². The van der Waals surface area contributed by atoms with Gasteiger partial charge in [-0.3, -0.25) is 0 Å². The molecule has 0 aromatic heterocycles. The average molecular weight is 191 g/mol. The first-order valence-corrected chi connectivity index (χ1v) is 4.38. The highest BCUT2D eigenvalue weighted by atomic mass is 16.5. The molecule has 0 radical (unpaired) electrons. The summed E-state index contributed by atoms with van der Waals surface area (Å²) in [6.07, 6.45) is -0.764. The van der Waals surface area contributed by atoms with Crippen molar-refractivity contribution in [1.82, 2.24) is 0 Å². The van der Waals surface area contributed by atoms with Crippen molar-refractivity contribution in [2.75, 3.05) is 13.7 Å². The summed E-state index contributed by atoms with van der Waals surface area (Å²) in [4.78, 5) is 3.40. The van der Waals surface area contributed by atoms with Gasteiger partial charge in [0.2, 0.25) is 0 Å². The smallest absolute Gasteiger partial charge is 0.276 e. The number of aliphatic hydroxyl groups excluding tert-OH is 1. The lowest BCUT2D eigenvalue weighted by Gasteiger charge is -2.11. The molecule has 1 rings (SSSR count). The summed E-state index contributed by atoms with van der Waals surface area (Å²) in [7, 11) is 1.51. The van der Waals surface area contributed by atoms with Gasteiger partial charge in [0.25, 0.3) is 6.04 Å². The molecule has 2 atom stereocenters. The highest BCUT2D eigenvalue weighted by molar-refractivity contribution is 5.22. The van der Waals surface area contributed by atoms with Gasteiger partial charge < -0.3 is 14.7 Å². The fraction of sp³-hybridized carbons (Fsp3) is 0.364. The number of hydrogen-bond donors (Lipinski definition) is 1. The summed E-state index contributed by atoms with van der Waals surface area (Å²) in [6, 6.07) is 8.73. The van der Waals surface area contributed by atoms with Crippen molar-refractivity contribution in [3.05, 3.63) is 47.3 Å². The predicted octanol–water partition coefficient (Wildman–Crippen LogP) is 1.65. The van der Waals surface area contributed by atoms with Crippen molar-refractivity contribution in [3.8, 4) is 0 Å². The number of hydrogen-bond acceptors (Lipinski definition) is 2. The second-order valence-corrected chi connectivity index (χ2v) is 3.01. The Morgan fingerprint density at radius 3 is 2.57 bits per heavy atom. The van der Waals surface area contributed by atoms with E-state index in [1.165, 1.54) is 7.11 Å². The van der Waals surface area contributed by atoms with Gasteiger partial charge in [-0.2, -0.15) is 0 Å². The summed E-state index contributed by atoms with van der Waals surface area (Å²) in [5, 5.41) is 9.62. The summed E-state index contributed by atoms with van der Waals surface area (Å²) < 4.78 is 4.81. The molecule has 3 heteroatoms. The lowest BCUT2D eigenvalue weighted by atomic mass is 10.0. The third-order valence-corrected chi connectivity index (χ3v) is 1.98. The summed E-state index contributed by atoms with van der Waals surface area (Å²) >= 11 is 0. The zero-order chi connectivity index (χ0) is 10.4. The molecular weight excluding hydrogens is 178 g/mol. The van der Waals surface area contributed by atoms with Crippen molar-refractivity contribution >= 4 is 0 Å². The van der Waals surface area contributed by atoms with Crippen LogP contribution in [0.4, 0.5) is 0 Å². The van der Waals surface area contributed by atoms with Crippen molar-refractivity contribution in [2.24, 2.45) is 0 Å². The van der Waals surface area contributed by atoms with Crippen LogP contribution < -0.4 is 0 Å². The molecule has 1 unspecified atom stereocenters. The first kappa shape index (κ1) is 10.7. The van der Waals surface area contributed by atoms with E-state index in [1.807, 2.05) is 30.3 Å². The maximum atomic E-state index is 9.62. The third-order valence-electron chi connectivity index (χ3n) is 1.98. The zero-order valence-electron chi connectivity index (χ0n) is 8.05. The molecule has 1 N–H and O–H groups in total. The Labute approximate surface area is 83.8 Å². The fourth-order valence-corrected chi connectivity index (χ4v) is 1.29. The van der Waals surface area contributed by atoms with E-state index < -0.39 is 12.1 Å². The van der Waals surface area contributed by atoms with E-state index in [1.54, 1.807) is 0 Å². The van der Waals surface area contributed by atoms with E-state index >= 15 is 0 Å². The molecule has 0 saturated heterocycles. The van der Waals surface area contributed by atoms with Gasteiger partial charge in [-0.1, -0.05) is 30.3 Å². The Morgan fingerprint density at radius 2 is 2.07 bits per heavy atom. The van der Waals surface area contributed by atoms with E-state index in [9.17, 15) is 5.11 Å². The number of nitrogens with zero attached hydrogens (tertiary/aromatic N) is 1. The van der Waals surface area contributed by atoms with Crippen LogP contribution in [-0.2, 0) is 4.74 Å². The molecule has 0 amide bonds. The predicted molar refractivity (Wildman–Crippen MR) is 53.7 cm³/mol. The molecule has 0 aliphatic carbocycles. The van der Waals surface area contributed by atoms with E-state index in [0.717, 1.165) is 5.56 Å². The van der Waals surface area contributed by atoms with E-state index in [2.05, 4.69) is 4.85 Å². The Balaban J connectivity index is 2.78. The lowest BCUT2D eigenvalue weighted by Crippen LogP contribution is -2.21. The SMILES string of the molecule is [C-]#[N+]C(c1ccccc1)[C@H](O)COC. The van der Waals surface area contributed by atoms with Crippen LogP contribution in [0.5, 0.6) is 0 Å². The number of rotatable bonds is 4. The minimum absolute atomic E-state index is 0.182. The maximum Gasteiger partial charge on any atom is 0.276 e. The second kappa shape index (κ2) is 5.38. The first-order valence-electron chi connectivity index (χ1n) is 4.38. The molecule has 0 bridgehead atoms. The molecule has 3 nitrogen and oxygen atoms in total. The highest BCUT2D eigenvalue weighted by Gasteiger charge is 2.25. The van der Waals surface area contributed by atoms with Crippen LogP contribution in [0.1, 0.15) is 11.6 Å². The summed E-state index contributed by atoms with van der Waals surface area (Å²) in [5.74, 6) is 0. The molecule has 0 spiro atoms. The maximum absolute atomic E-state index is 9.62. The van der Waals surface area contributed by atoms with Gasteiger partial charge in [0.05, 0.1) is 6.61 Å². The van der Waals surface area contributed by atoms with Crippen molar-refractivity contribution in [1.29, 1.82) is 0 Å². The topological polar surface area (TPSA) is 33.8 Å². The molecule has 14 heavy (non-hydrogen) atoms. The highest BCUT2D eigenvalue weighted by Crippen LogP contribution is 2.21. The zero-order valence-corrected chi connectivity index (χ0v) is 8.05. The van der Waals surface area contributed by atoms with E-state index in [-0.39, 0.29) is 6.61 Å². The molecule has 0 aliphatic heterocycles. The second-order valence-electron chi connectivity index (χ2n) is 3.01. The van der Waals surface area contributed by atoms with Crippen LogP contribution in [-0.4, -0.2) is 24.9 Å². The molecule has 0 aliphatic rings. The van der Waals surface area contributed by atoms with Gasteiger partial charge in [-0.25, -0.2) is 6.57 Å².